The number of nitrogens with zero attached hydrogens (tertiary/aromatic N) is 2. The zero-order valence-electron chi connectivity index (χ0n) is 11.6. The second-order valence-corrected chi connectivity index (χ2v) is 5.60. The van der Waals surface area contributed by atoms with Crippen LogP contribution in [0, 0.1) is 0 Å². The van der Waals surface area contributed by atoms with Gasteiger partial charge in [0.1, 0.15) is 0 Å². The summed E-state index contributed by atoms with van der Waals surface area (Å²) < 4.78 is 0.613. The summed E-state index contributed by atoms with van der Waals surface area (Å²) in [5, 5.41) is 1.97. The van der Waals surface area contributed by atoms with E-state index in [1.54, 1.807) is 48.5 Å². The number of hydrogen-bond acceptors (Lipinski definition) is 3. The summed E-state index contributed by atoms with van der Waals surface area (Å²) >= 11 is 3.34. The lowest BCUT2D eigenvalue weighted by Crippen LogP contribution is -2.49. The fraction of sp³-hybridized carbons (Fsp3) is 0.0625. The Hall–Kier alpha value is -2.47. The molecular weight excluding hydrogens is 348 g/mol. The molecule has 5 nitrogen and oxygen atoms in total. The summed E-state index contributed by atoms with van der Waals surface area (Å²) in [5.74, 6) is -1.44. The van der Waals surface area contributed by atoms with Crippen LogP contribution in [0.5, 0.6) is 0 Å². The van der Waals surface area contributed by atoms with Crippen molar-refractivity contribution < 1.29 is 14.4 Å². The second-order valence-electron chi connectivity index (χ2n) is 4.75. The van der Waals surface area contributed by atoms with Crippen LogP contribution in [0.3, 0.4) is 0 Å². The molecule has 1 aliphatic heterocycles. The van der Waals surface area contributed by atoms with Gasteiger partial charge in [-0.3, -0.25) is 14.4 Å². The molecule has 0 bridgehead atoms. The molecule has 22 heavy (non-hydrogen) atoms. The Morgan fingerprint density at radius 1 is 0.955 bits per heavy atom. The lowest BCUT2D eigenvalue weighted by atomic mass is 10.1. The Balaban J connectivity index is 2.13. The average molecular weight is 359 g/mol. The summed E-state index contributed by atoms with van der Waals surface area (Å²) in [6.07, 6.45) is 0. The summed E-state index contributed by atoms with van der Waals surface area (Å²) in [4.78, 5) is 37.2. The number of para-hydroxylation sites is 1. The number of halogens is 1. The highest BCUT2D eigenvalue weighted by molar-refractivity contribution is 9.10. The smallest absolute Gasteiger partial charge is 0.273 e. The van der Waals surface area contributed by atoms with Crippen LogP contribution in [0.25, 0.3) is 0 Å². The molecule has 3 amide bonds. The fourth-order valence-corrected chi connectivity index (χ4v) is 2.85. The molecule has 3 rings (SSSR count). The van der Waals surface area contributed by atoms with Crippen LogP contribution in [0.1, 0.15) is 27.6 Å². The third-order valence-corrected chi connectivity index (χ3v) is 4.02. The van der Waals surface area contributed by atoms with Crippen LogP contribution >= 0.6 is 15.9 Å². The molecule has 0 atom stereocenters. The van der Waals surface area contributed by atoms with Gasteiger partial charge in [0.2, 0.25) is 5.91 Å². The molecule has 0 saturated heterocycles. The largest absolute Gasteiger partial charge is 0.281 e. The predicted molar refractivity (Wildman–Crippen MR) is 84.2 cm³/mol. The van der Waals surface area contributed by atoms with Crippen molar-refractivity contribution in [3.8, 4) is 0 Å². The van der Waals surface area contributed by atoms with Gasteiger partial charge in [-0.25, -0.2) is 5.01 Å². The van der Waals surface area contributed by atoms with Gasteiger partial charge in [-0.2, -0.15) is 5.01 Å². The molecule has 0 unspecified atom stereocenters. The zero-order valence-corrected chi connectivity index (χ0v) is 13.2. The van der Waals surface area contributed by atoms with Gasteiger partial charge in [0, 0.05) is 11.4 Å². The van der Waals surface area contributed by atoms with Crippen molar-refractivity contribution in [1.82, 2.24) is 5.01 Å². The first-order valence-electron chi connectivity index (χ1n) is 6.55. The SMILES string of the molecule is CC(=O)N(c1ccccc1Br)N1C(=O)c2ccccc2C1=O. The highest BCUT2D eigenvalue weighted by Gasteiger charge is 2.41. The molecule has 0 fully saturated rings. The number of rotatable bonds is 2. The molecule has 1 heterocycles. The Kier molecular flexibility index (Phi) is 3.54. The van der Waals surface area contributed by atoms with Crippen molar-refractivity contribution in [2.24, 2.45) is 0 Å². The van der Waals surface area contributed by atoms with Gasteiger partial charge in [0.25, 0.3) is 11.8 Å². The van der Waals surface area contributed by atoms with E-state index in [9.17, 15) is 14.4 Å². The van der Waals surface area contributed by atoms with Crippen molar-refractivity contribution in [2.75, 3.05) is 5.01 Å². The summed E-state index contributed by atoms with van der Waals surface area (Å²) in [6, 6.07) is 13.4. The molecule has 2 aromatic rings. The van der Waals surface area contributed by atoms with E-state index in [0.29, 0.717) is 21.3 Å². The fourth-order valence-electron chi connectivity index (χ4n) is 2.40. The molecule has 0 saturated carbocycles. The van der Waals surface area contributed by atoms with Crippen LogP contribution in [-0.2, 0) is 4.79 Å². The zero-order chi connectivity index (χ0) is 15.9. The first-order valence-corrected chi connectivity index (χ1v) is 7.34. The van der Waals surface area contributed by atoms with Gasteiger partial charge in [0.05, 0.1) is 16.8 Å². The van der Waals surface area contributed by atoms with E-state index < -0.39 is 17.7 Å². The minimum Gasteiger partial charge on any atom is -0.273 e. The van der Waals surface area contributed by atoms with Gasteiger partial charge in [0.15, 0.2) is 0 Å². The summed E-state index contributed by atoms with van der Waals surface area (Å²) in [7, 11) is 0. The highest BCUT2D eigenvalue weighted by atomic mass is 79.9. The van der Waals surface area contributed by atoms with E-state index in [4.69, 9.17) is 0 Å². The minimum atomic E-state index is -0.508. The average Bonchev–Trinajstić information content (AvgIpc) is 2.75. The Morgan fingerprint density at radius 3 is 1.95 bits per heavy atom. The third kappa shape index (κ3) is 2.12. The maximum absolute atomic E-state index is 12.5. The lowest BCUT2D eigenvalue weighted by molar-refractivity contribution is -0.118. The van der Waals surface area contributed by atoms with Crippen LogP contribution in [0.2, 0.25) is 0 Å². The predicted octanol–water partition coefficient (Wildman–Crippen LogP) is 3.01. The number of carbonyl (C=O) groups is 3. The van der Waals surface area contributed by atoms with E-state index in [1.807, 2.05) is 0 Å². The monoisotopic (exact) mass is 358 g/mol. The van der Waals surface area contributed by atoms with E-state index in [2.05, 4.69) is 15.9 Å². The van der Waals surface area contributed by atoms with Crippen molar-refractivity contribution in [3.05, 3.63) is 64.1 Å². The van der Waals surface area contributed by atoms with E-state index in [1.165, 1.54) is 6.92 Å². The molecule has 0 spiro atoms. The normalized spacial score (nSPS) is 13.3. The molecule has 6 heteroatoms. The van der Waals surface area contributed by atoms with Gasteiger partial charge in [-0.1, -0.05) is 24.3 Å². The first-order chi connectivity index (χ1) is 10.5. The van der Waals surface area contributed by atoms with Gasteiger partial charge >= 0.3 is 0 Å². The van der Waals surface area contributed by atoms with Crippen LogP contribution in [-0.4, -0.2) is 22.7 Å². The number of hydrogen-bond donors (Lipinski definition) is 0. The van der Waals surface area contributed by atoms with Crippen LogP contribution in [0.4, 0.5) is 5.69 Å². The molecule has 0 N–H and O–H groups in total. The Bertz CT molecular complexity index is 768. The molecule has 110 valence electrons. The first kappa shape index (κ1) is 14.5. The number of amides is 3. The molecule has 1 aliphatic rings. The Labute approximate surface area is 135 Å². The van der Waals surface area contributed by atoms with Crippen molar-refractivity contribution in [1.29, 1.82) is 0 Å². The number of imide groups is 1. The maximum Gasteiger partial charge on any atom is 0.281 e. The Morgan fingerprint density at radius 2 is 1.45 bits per heavy atom. The third-order valence-electron chi connectivity index (χ3n) is 3.35. The quantitative estimate of drug-likeness (QED) is 0.775. The molecule has 0 aliphatic carbocycles. The maximum atomic E-state index is 12.5. The topological polar surface area (TPSA) is 57.7 Å². The molecule has 0 aromatic heterocycles. The molecule has 2 aromatic carbocycles. The number of fused-ring (bicyclic) bond motifs is 1. The van der Waals surface area contributed by atoms with Gasteiger partial charge in [-0.05, 0) is 40.2 Å². The van der Waals surface area contributed by atoms with E-state index in [-0.39, 0.29) is 0 Å². The van der Waals surface area contributed by atoms with Crippen molar-refractivity contribution >= 4 is 39.3 Å². The number of hydrazine groups is 1. The van der Waals surface area contributed by atoms with E-state index >= 15 is 0 Å². The van der Waals surface area contributed by atoms with Gasteiger partial charge < -0.3 is 0 Å². The van der Waals surface area contributed by atoms with Crippen LogP contribution < -0.4 is 5.01 Å². The van der Waals surface area contributed by atoms with Crippen molar-refractivity contribution in [3.63, 3.8) is 0 Å². The van der Waals surface area contributed by atoms with Crippen molar-refractivity contribution in [2.45, 2.75) is 6.92 Å². The second kappa shape index (κ2) is 5.38. The summed E-state index contributed by atoms with van der Waals surface area (Å²) in [6.45, 7) is 1.31. The lowest BCUT2D eigenvalue weighted by Gasteiger charge is -2.29. The number of anilines is 1. The van der Waals surface area contributed by atoms with Gasteiger partial charge in [-0.15, -0.1) is 0 Å². The number of carbonyl (C=O) groups excluding carboxylic acids is 3. The molecule has 0 radical (unpaired) electrons. The minimum absolute atomic E-state index is 0.297. The summed E-state index contributed by atoms with van der Waals surface area (Å²) in [5.41, 5.74) is 1.03. The number of benzene rings is 2. The standard InChI is InChI=1S/C16H11BrN2O3/c1-10(20)18(14-9-5-4-8-13(14)17)19-15(21)11-6-2-3-7-12(11)16(19)22/h2-9H,1H3. The highest BCUT2D eigenvalue weighted by Crippen LogP contribution is 2.32. The van der Waals surface area contributed by atoms with Crippen LogP contribution in [0.15, 0.2) is 53.0 Å². The van der Waals surface area contributed by atoms with E-state index in [0.717, 1.165) is 10.0 Å². The molecular formula is C16H11BrN2O3.